The number of carbonyl (C=O) groups excluding carboxylic acids is 1. The van der Waals surface area contributed by atoms with E-state index in [1.54, 1.807) is 0 Å². The molecule has 168 valence electrons. The Hall–Kier alpha value is -1.39. The van der Waals surface area contributed by atoms with Crippen LogP contribution in [0, 0.1) is 5.92 Å². The van der Waals surface area contributed by atoms with Crippen LogP contribution in [0.4, 0.5) is 5.69 Å². The molecule has 2 heterocycles. The molecule has 1 amide bonds. The molecule has 0 radical (unpaired) electrons. The number of rotatable bonds is 7. The first-order valence-electron chi connectivity index (χ1n) is 10.9. The van der Waals surface area contributed by atoms with Crippen molar-refractivity contribution in [3.63, 3.8) is 0 Å². The highest BCUT2D eigenvalue weighted by Crippen LogP contribution is 2.31. The number of amides is 1. The van der Waals surface area contributed by atoms with Crippen molar-refractivity contribution in [2.24, 2.45) is 10.9 Å². The first-order valence-corrected chi connectivity index (χ1v) is 10.9. The van der Waals surface area contributed by atoms with Crippen molar-refractivity contribution in [3.8, 4) is 0 Å². The molecule has 7 nitrogen and oxygen atoms in total. The number of para-hydroxylation sites is 1. The van der Waals surface area contributed by atoms with Gasteiger partial charge in [0.25, 0.3) is 0 Å². The lowest BCUT2D eigenvalue weighted by atomic mass is 9.90. The number of piperazine rings is 1. The van der Waals surface area contributed by atoms with E-state index < -0.39 is 0 Å². The van der Waals surface area contributed by atoms with Gasteiger partial charge in [-0.05, 0) is 31.5 Å². The maximum atomic E-state index is 12.0. The van der Waals surface area contributed by atoms with E-state index in [1.165, 1.54) is 5.56 Å². The number of anilines is 1. The largest absolute Gasteiger partial charge is 0.357 e. The van der Waals surface area contributed by atoms with Gasteiger partial charge in [-0.1, -0.05) is 25.1 Å². The summed E-state index contributed by atoms with van der Waals surface area (Å²) in [6, 6.07) is 8.06. The van der Waals surface area contributed by atoms with Gasteiger partial charge in [0.15, 0.2) is 5.96 Å². The summed E-state index contributed by atoms with van der Waals surface area (Å²) in [5.74, 6) is 1.58. The number of nitrogens with zero attached hydrogens (tertiary/aromatic N) is 3. The van der Waals surface area contributed by atoms with Crippen LogP contribution in [0.3, 0.4) is 0 Å². The van der Waals surface area contributed by atoms with E-state index >= 15 is 0 Å². The number of halogens is 1. The van der Waals surface area contributed by atoms with Crippen molar-refractivity contribution < 1.29 is 4.79 Å². The number of nitrogens with one attached hydrogen (secondary N) is 3. The number of hydrogen-bond donors (Lipinski definition) is 3. The number of benzene rings is 1. The SMILES string of the molecule is CCNC(=NCC(C)CN1CCN(C)CC1)NCC1CC(=O)Nc2ccccc21.I. The van der Waals surface area contributed by atoms with Gasteiger partial charge in [-0.15, -0.1) is 24.0 Å². The minimum absolute atomic E-state index is 0. The van der Waals surface area contributed by atoms with Crippen molar-refractivity contribution in [2.75, 3.05) is 64.7 Å². The van der Waals surface area contributed by atoms with Gasteiger partial charge < -0.3 is 25.8 Å². The van der Waals surface area contributed by atoms with Crippen LogP contribution < -0.4 is 16.0 Å². The summed E-state index contributed by atoms with van der Waals surface area (Å²) < 4.78 is 0. The Kier molecular flexibility index (Phi) is 10.3. The number of carbonyl (C=O) groups is 1. The summed E-state index contributed by atoms with van der Waals surface area (Å²) in [6.07, 6.45) is 0.503. The number of guanidine groups is 1. The maximum Gasteiger partial charge on any atom is 0.225 e. The van der Waals surface area contributed by atoms with E-state index in [9.17, 15) is 4.79 Å². The number of aliphatic imine (C=N–C) groups is 1. The quantitative estimate of drug-likeness (QED) is 0.288. The Morgan fingerprint density at radius 3 is 2.70 bits per heavy atom. The molecule has 2 aliphatic rings. The summed E-state index contributed by atoms with van der Waals surface area (Å²) >= 11 is 0. The molecule has 1 fully saturated rings. The van der Waals surface area contributed by atoms with Gasteiger partial charge in [0.1, 0.15) is 0 Å². The molecule has 8 heteroatoms. The zero-order chi connectivity index (χ0) is 20.6. The highest BCUT2D eigenvalue weighted by atomic mass is 127. The molecule has 2 atom stereocenters. The summed E-state index contributed by atoms with van der Waals surface area (Å²) in [7, 11) is 2.19. The molecule has 0 saturated carbocycles. The summed E-state index contributed by atoms with van der Waals surface area (Å²) in [6.45, 7) is 12.3. The lowest BCUT2D eigenvalue weighted by molar-refractivity contribution is -0.116. The number of hydrogen-bond acceptors (Lipinski definition) is 4. The molecule has 0 aromatic heterocycles. The first-order chi connectivity index (χ1) is 14.0. The average molecular weight is 528 g/mol. The second-order valence-electron chi connectivity index (χ2n) is 8.35. The van der Waals surface area contributed by atoms with Crippen LogP contribution in [-0.4, -0.2) is 81.1 Å². The molecule has 0 aliphatic carbocycles. The van der Waals surface area contributed by atoms with E-state index in [-0.39, 0.29) is 35.8 Å². The first kappa shape index (κ1) is 24.9. The highest BCUT2D eigenvalue weighted by Gasteiger charge is 2.24. The van der Waals surface area contributed by atoms with Crippen LogP contribution in [0.15, 0.2) is 29.3 Å². The second kappa shape index (κ2) is 12.5. The van der Waals surface area contributed by atoms with E-state index in [0.29, 0.717) is 18.9 Å². The van der Waals surface area contributed by atoms with Gasteiger partial charge in [0.2, 0.25) is 5.91 Å². The van der Waals surface area contributed by atoms with Crippen LogP contribution >= 0.6 is 24.0 Å². The topological polar surface area (TPSA) is 72.0 Å². The monoisotopic (exact) mass is 528 g/mol. The van der Waals surface area contributed by atoms with Crippen LogP contribution in [0.1, 0.15) is 31.7 Å². The van der Waals surface area contributed by atoms with E-state index in [4.69, 9.17) is 4.99 Å². The zero-order valence-corrected chi connectivity index (χ0v) is 20.8. The van der Waals surface area contributed by atoms with Crippen molar-refractivity contribution in [1.82, 2.24) is 20.4 Å². The van der Waals surface area contributed by atoms with Gasteiger partial charge in [0.05, 0.1) is 0 Å². The summed E-state index contributed by atoms with van der Waals surface area (Å²) in [5.41, 5.74) is 2.12. The molecule has 30 heavy (non-hydrogen) atoms. The molecular weight excluding hydrogens is 491 g/mol. The molecule has 1 saturated heterocycles. The Labute approximate surface area is 198 Å². The predicted molar refractivity (Wildman–Crippen MR) is 135 cm³/mol. The van der Waals surface area contributed by atoms with Crippen LogP contribution in [0.5, 0.6) is 0 Å². The fourth-order valence-corrected chi connectivity index (χ4v) is 4.02. The highest BCUT2D eigenvalue weighted by molar-refractivity contribution is 14.0. The second-order valence-corrected chi connectivity index (χ2v) is 8.35. The van der Waals surface area contributed by atoms with Crippen molar-refractivity contribution in [1.29, 1.82) is 0 Å². The third kappa shape index (κ3) is 7.39. The molecule has 1 aromatic rings. The third-order valence-electron chi connectivity index (χ3n) is 5.69. The Morgan fingerprint density at radius 2 is 1.97 bits per heavy atom. The molecule has 1 aromatic carbocycles. The zero-order valence-electron chi connectivity index (χ0n) is 18.5. The predicted octanol–water partition coefficient (Wildman–Crippen LogP) is 2.17. The lowest BCUT2D eigenvalue weighted by Gasteiger charge is -2.33. The minimum Gasteiger partial charge on any atom is -0.357 e. The number of fused-ring (bicyclic) bond motifs is 1. The van der Waals surface area contributed by atoms with Gasteiger partial charge in [-0.3, -0.25) is 9.79 Å². The van der Waals surface area contributed by atoms with Crippen molar-refractivity contribution in [3.05, 3.63) is 29.8 Å². The van der Waals surface area contributed by atoms with Gasteiger partial charge >= 0.3 is 0 Å². The Bertz CT molecular complexity index is 705. The Morgan fingerprint density at radius 1 is 1.23 bits per heavy atom. The van der Waals surface area contributed by atoms with Crippen molar-refractivity contribution in [2.45, 2.75) is 26.2 Å². The normalized spacial score (nSPS) is 21.2. The number of likely N-dealkylation sites (N-methyl/N-ethyl adjacent to an activating group) is 1. The fraction of sp³-hybridized carbons (Fsp3) is 0.636. The average Bonchev–Trinajstić information content (AvgIpc) is 2.71. The summed E-state index contributed by atoms with van der Waals surface area (Å²) in [5, 5.41) is 9.76. The molecule has 2 unspecified atom stereocenters. The van der Waals surface area contributed by atoms with Gasteiger partial charge in [-0.2, -0.15) is 0 Å². The maximum absolute atomic E-state index is 12.0. The van der Waals surface area contributed by atoms with Crippen molar-refractivity contribution >= 4 is 41.5 Å². The van der Waals surface area contributed by atoms with Gasteiger partial charge in [-0.25, -0.2) is 0 Å². The third-order valence-corrected chi connectivity index (χ3v) is 5.69. The minimum atomic E-state index is 0. The van der Waals surface area contributed by atoms with Gasteiger partial charge in [0, 0.05) is 70.4 Å². The Balaban J connectivity index is 0.00000320. The molecule has 0 bridgehead atoms. The molecule has 3 rings (SSSR count). The van der Waals surface area contributed by atoms with Crippen LogP contribution in [0.25, 0.3) is 0 Å². The molecule has 0 spiro atoms. The van der Waals surface area contributed by atoms with Crippen LogP contribution in [-0.2, 0) is 4.79 Å². The summed E-state index contributed by atoms with van der Waals surface area (Å²) in [4.78, 5) is 21.8. The lowest BCUT2D eigenvalue weighted by Crippen LogP contribution is -2.46. The smallest absolute Gasteiger partial charge is 0.225 e. The standard InChI is InChI=1S/C22H36N6O.HI/c1-4-23-22(24-14-17(2)16-28-11-9-27(3)10-12-28)25-15-18-13-21(29)26-20-8-6-5-7-19(18)20;/h5-8,17-18H,4,9-16H2,1-3H3,(H,26,29)(H2,23,24,25);1H. The molecular formula is C22H37IN6O. The molecule has 3 N–H and O–H groups in total. The van der Waals surface area contributed by atoms with E-state index in [1.807, 2.05) is 18.2 Å². The fourth-order valence-electron chi connectivity index (χ4n) is 4.02. The van der Waals surface area contributed by atoms with E-state index in [2.05, 4.69) is 52.7 Å². The molecule has 2 aliphatic heterocycles. The van der Waals surface area contributed by atoms with Crippen LogP contribution in [0.2, 0.25) is 0 Å². The van der Waals surface area contributed by atoms with E-state index in [0.717, 1.165) is 57.5 Å².